The monoisotopic (exact) mass is 367 g/mol. The van der Waals surface area contributed by atoms with Gasteiger partial charge in [0.25, 0.3) is 0 Å². The normalized spacial score (nSPS) is 14.7. The molecule has 1 heterocycles. The topological polar surface area (TPSA) is 46.2 Å². The van der Waals surface area contributed by atoms with E-state index >= 15 is 0 Å². The molecule has 23 heavy (non-hydrogen) atoms. The fraction of sp³-hybridized carbons (Fsp3) is 0.412. The van der Waals surface area contributed by atoms with E-state index in [2.05, 4.69) is 29.9 Å². The molecule has 0 saturated heterocycles. The molecule has 0 aliphatic rings. The molecule has 0 saturated carbocycles. The van der Waals surface area contributed by atoms with E-state index in [4.69, 9.17) is 0 Å². The zero-order valence-electron chi connectivity index (χ0n) is 14.3. The van der Waals surface area contributed by atoms with Gasteiger partial charge < -0.3 is 0 Å². The Balaban J connectivity index is 2.49. The molecule has 3 nitrogen and oxygen atoms in total. The first kappa shape index (κ1) is 18.4. The van der Waals surface area contributed by atoms with E-state index in [0.717, 1.165) is 4.88 Å². The van der Waals surface area contributed by atoms with Crippen LogP contribution in [-0.4, -0.2) is 21.2 Å². The summed E-state index contributed by atoms with van der Waals surface area (Å²) in [5.74, 6) is 0. The molecule has 0 unspecified atom stereocenters. The average molecular weight is 368 g/mol. The van der Waals surface area contributed by atoms with Crippen LogP contribution in [0.1, 0.15) is 31.3 Å². The molecular formula is C17H25NO2S2Si. The average Bonchev–Trinajstić information content (AvgIpc) is 2.98. The van der Waals surface area contributed by atoms with Crippen LogP contribution in [0.5, 0.6) is 0 Å². The lowest BCUT2D eigenvalue weighted by atomic mass is 10.3. The van der Waals surface area contributed by atoms with Gasteiger partial charge in [-0.25, -0.2) is 13.1 Å². The number of benzene rings is 1. The van der Waals surface area contributed by atoms with Gasteiger partial charge in [-0.3, -0.25) is 0 Å². The molecule has 6 heteroatoms. The predicted molar refractivity (Wildman–Crippen MR) is 102 cm³/mol. The molecule has 1 N–H and O–H groups in total. The quantitative estimate of drug-likeness (QED) is 0.820. The lowest BCUT2D eigenvalue weighted by Crippen LogP contribution is -2.56. The zero-order chi connectivity index (χ0) is 17.3. The van der Waals surface area contributed by atoms with Gasteiger partial charge in [0.2, 0.25) is 10.0 Å². The summed E-state index contributed by atoms with van der Waals surface area (Å²) in [6.07, 6.45) is 0. The molecule has 1 aromatic carbocycles. The largest absolute Gasteiger partial charge is 0.216 e. The van der Waals surface area contributed by atoms with Crippen LogP contribution in [0.4, 0.5) is 0 Å². The molecule has 2 rings (SSSR count). The maximum absolute atomic E-state index is 12.8. The van der Waals surface area contributed by atoms with Crippen LogP contribution in [0.25, 0.3) is 0 Å². The SMILES string of the molecule is CC(C)(C)S(=O)(=O)N[C@@H](c1cccs1)[Si](C)(C)c1ccccc1. The lowest BCUT2D eigenvalue weighted by molar-refractivity contribution is 0.542. The molecule has 2 aromatic rings. The van der Waals surface area contributed by atoms with Crippen LogP contribution in [-0.2, 0) is 10.0 Å². The Bertz CT molecular complexity index is 733. The van der Waals surface area contributed by atoms with Gasteiger partial charge in [-0.1, -0.05) is 54.7 Å². The van der Waals surface area contributed by atoms with Gasteiger partial charge >= 0.3 is 0 Å². The van der Waals surface area contributed by atoms with Crippen molar-refractivity contribution in [2.75, 3.05) is 0 Å². The second-order valence-electron chi connectivity index (χ2n) is 7.27. The van der Waals surface area contributed by atoms with Gasteiger partial charge in [0, 0.05) is 4.88 Å². The highest BCUT2D eigenvalue weighted by atomic mass is 32.2. The van der Waals surface area contributed by atoms with E-state index < -0.39 is 22.8 Å². The van der Waals surface area contributed by atoms with Crippen molar-refractivity contribution in [3.63, 3.8) is 0 Å². The lowest BCUT2D eigenvalue weighted by Gasteiger charge is -2.35. The molecule has 0 aliphatic carbocycles. The van der Waals surface area contributed by atoms with Gasteiger partial charge in [0.15, 0.2) is 0 Å². The summed E-state index contributed by atoms with van der Waals surface area (Å²) in [6.45, 7) is 9.64. The number of sulfonamides is 1. The molecule has 0 aliphatic heterocycles. The van der Waals surface area contributed by atoms with Crippen molar-refractivity contribution in [3.05, 3.63) is 52.7 Å². The molecule has 0 bridgehead atoms. The highest BCUT2D eigenvalue weighted by molar-refractivity contribution is 7.90. The van der Waals surface area contributed by atoms with Crippen LogP contribution in [0.2, 0.25) is 13.1 Å². The Morgan fingerprint density at radius 3 is 2.13 bits per heavy atom. The number of hydrogen-bond acceptors (Lipinski definition) is 3. The Morgan fingerprint density at radius 2 is 1.65 bits per heavy atom. The summed E-state index contributed by atoms with van der Waals surface area (Å²) < 4.78 is 27.7. The summed E-state index contributed by atoms with van der Waals surface area (Å²) in [7, 11) is -5.50. The third-order valence-corrected chi connectivity index (χ3v) is 11.4. The Labute approximate surface area is 144 Å². The molecule has 1 aromatic heterocycles. The van der Waals surface area contributed by atoms with E-state index in [-0.39, 0.29) is 5.67 Å². The number of rotatable bonds is 5. The first-order chi connectivity index (χ1) is 10.6. The summed E-state index contributed by atoms with van der Waals surface area (Å²) in [4.78, 5) is 1.08. The summed E-state index contributed by atoms with van der Waals surface area (Å²) in [5, 5.41) is 3.25. The fourth-order valence-corrected chi connectivity index (χ4v) is 8.84. The van der Waals surface area contributed by atoms with Crippen LogP contribution in [0.3, 0.4) is 0 Å². The Hall–Kier alpha value is -0.953. The van der Waals surface area contributed by atoms with Crippen LogP contribution in [0.15, 0.2) is 47.8 Å². The summed E-state index contributed by atoms with van der Waals surface area (Å²) >= 11 is 1.61. The van der Waals surface area contributed by atoms with E-state index in [1.54, 1.807) is 32.1 Å². The van der Waals surface area contributed by atoms with E-state index in [0.29, 0.717) is 0 Å². The second-order valence-corrected chi connectivity index (χ2v) is 15.3. The van der Waals surface area contributed by atoms with Gasteiger partial charge in [0.05, 0.1) is 10.4 Å². The third-order valence-electron chi connectivity index (χ3n) is 4.15. The number of thiophene rings is 1. The minimum atomic E-state index is -3.42. The van der Waals surface area contributed by atoms with E-state index in [1.807, 2.05) is 35.7 Å². The van der Waals surface area contributed by atoms with Crippen molar-refractivity contribution in [2.45, 2.75) is 44.3 Å². The number of hydrogen-bond donors (Lipinski definition) is 1. The van der Waals surface area contributed by atoms with E-state index in [1.165, 1.54) is 5.19 Å². The Kier molecular flexibility index (Phi) is 5.20. The third kappa shape index (κ3) is 3.94. The Morgan fingerprint density at radius 1 is 1.04 bits per heavy atom. The minimum absolute atomic E-state index is 0.172. The molecule has 0 amide bonds. The van der Waals surface area contributed by atoms with E-state index in [9.17, 15) is 8.42 Å². The first-order valence-electron chi connectivity index (χ1n) is 7.66. The van der Waals surface area contributed by atoms with Gasteiger partial charge in [-0.15, -0.1) is 11.3 Å². The summed E-state index contributed by atoms with van der Waals surface area (Å²) in [6, 6.07) is 14.3. The maximum atomic E-state index is 12.8. The molecular weight excluding hydrogens is 342 g/mol. The first-order valence-corrected chi connectivity index (χ1v) is 13.1. The molecule has 1 atom stereocenters. The van der Waals surface area contributed by atoms with Gasteiger partial charge in [-0.05, 0) is 32.2 Å². The van der Waals surface area contributed by atoms with Crippen molar-refractivity contribution < 1.29 is 8.42 Å². The van der Waals surface area contributed by atoms with Gasteiger partial charge in [-0.2, -0.15) is 0 Å². The van der Waals surface area contributed by atoms with Crippen molar-refractivity contribution in [3.8, 4) is 0 Å². The highest BCUT2D eigenvalue weighted by Crippen LogP contribution is 2.30. The van der Waals surface area contributed by atoms with Crippen LogP contribution in [0, 0.1) is 0 Å². The van der Waals surface area contributed by atoms with Crippen molar-refractivity contribution in [2.24, 2.45) is 0 Å². The fourth-order valence-electron chi connectivity index (χ4n) is 2.38. The zero-order valence-corrected chi connectivity index (χ0v) is 17.0. The van der Waals surface area contributed by atoms with Crippen molar-refractivity contribution in [1.29, 1.82) is 0 Å². The van der Waals surface area contributed by atoms with Crippen LogP contribution >= 0.6 is 11.3 Å². The maximum Gasteiger partial charge on any atom is 0.216 e. The standard InChI is InChI=1S/C17H25NO2S2Si/c1-17(2,3)22(19,20)18-16(15-12-9-13-21-15)23(4,5)14-10-7-6-8-11-14/h6-13,16,18H,1-5H3/t16-/m1/s1. The molecule has 0 fully saturated rings. The predicted octanol–water partition coefficient (Wildman–Crippen LogP) is 3.66. The van der Waals surface area contributed by atoms with Crippen LogP contribution < -0.4 is 9.91 Å². The van der Waals surface area contributed by atoms with Gasteiger partial charge in [0.1, 0.15) is 8.07 Å². The highest BCUT2D eigenvalue weighted by Gasteiger charge is 2.41. The second kappa shape index (κ2) is 6.51. The minimum Gasteiger partial charge on any atom is -0.212 e. The molecule has 0 spiro atoms. The van der Waals surface area contributed by atoms with Crippen molar-refractivity contribution >= 4 is 34.6 Å². The summed E-state index contributed by atoms with van der Waals surface area (Å²) in [5.41, 5.74) is -0.172. The van der Waals surface area contributed by atoms with Crippen molar-refractivity contribution in [1.82, 2.24) is 4.72 Å². The smallest absolute Gasteiger partial charge is 0.212 e. The number of nitrogens with one attached hydrogen (secondary N) is 1. The molecule has 0 radical (unpaired) electrons. The molecule has 126 valence electrons.